The number of nitrogens with zero attached hydrogens (tertiary/aromatic N) is 2. The number of hydrogen-bond acceptors (Lipinski definition) is 2. The molecule has 0 radical (unpaired) electrons. The lowest BCUT2D eigenvalue weighted by Crippen LogP contribution is -2.32. The van der Waals surface area contributed by atoms with Gasteiger partial charge in [-0.3, -0.25) is 0 Å². The number of rotatable bonds is 3. The van der Waals surface area contributed by atoms with Crippen molar-refractivity contribution in [1.82, 2.24) is 4.57 Å². The second kappa shape index (κ2) is 5.28. The predicted octanol–water partition coefficient (Wildman–Crippen LogP) is 1.80. The molecule has 0 amide bonds. The van der Waals surface area contributed by atoms with Crippen molar-refractivity contribution in [3.05, 3.63) is 16.8 Å². The van der Waals surface area contributed by atoms with Crippen molar-refractivity contribution >= 4 is 46.5 Å². The van der Waals surface area contributed by atoms with E-state index in [9.17, 15) is 0 Å². The van der Waals surface area contributed by atoms with E-state index in [1.165, 1.54) is 15.5 Å². The van der Waals surface area contributed by atoms with Crippen LogP contribution in [0.15, 0.2) is 11.1 Å². The van der Waals surface area contributed by atoms with Crippen LogP contribution < -0.4 is 10.6 Å². The second-order valence-electron chi connectivity index (χ2n) is 3.78. The van der Waals surface area contributed by atoms with Crippen LogP contribution in [0, 0.1) is 11.3 Å². The molecule has 1 aliphatic carbocycles. The van der Waals surface area contributed by atoms with Crippen LogP contribution in [0.25, 0.3) is 12.2 Å². The maximum absolute atomic E-state index is 8.55. The van der Waals surface area contributed by atoms with Gasteiger partial charge in [0.2, 0.25) is 0 Å². The first-order valence-electron chi connectivity index (χ1n) is 5.23. The molecule has 0 fully saturated rings. The molecule has 0 saturated heterocycles. The smallest absolute Gasteiger partial charge is 0.0630 e. The van der Waals surface area contributed by atoms with E-state index in [1.807, 2.05) is 0 Å². The lowest BCUT2D eigenvalue weighted by molar-refractivity contribution is 0.877. The van der Waals surface area contributed by atoms with Gasteiger partial charge in [0, 0.05) is 44.8 Å². The van der Waals surface area contributed by atoms with Crippen molar-refractivity contribution in [2.75, 3.05) is 5.75 Å². The number of thioether (sulfide) groups is 1. The van der Waals surface area contributed by atoms with E-state index in [4.69, 9.17) is 5.26 Å². The van der Waals surface area contributed by atoms with E-state index in [0.717, 1.165) is 12.2 Å². The van der Waals surface area contributed by atoms with Gasteiger partial charge >= 0.3 is 0 Å². The van der Waals surface area contributed by atoms with Crippen molar-refractivity contribution < 1.29 is 0 Å². The number of aromatic nitrogens is 1. The maximum atomic E-state index is 8.55. The van der Waals surface area contributed by atoms with E-state index >= 15 is 0 Å². The minimum absolute atomic E-state index is 0.600. The summed E-state index contributed by atoms with van der Waals surface area (Å²) in [6, 6.07) is 2.19. The lowest BCUT2D eigenvalue weighted by atomic mass is 10.2. The lowest BCUT2D eigenvalue weighted by Gasteiger charge is -2.04. The summed E-state index contributed by atoms with van der Waals surface area (Å²) in [4.78, 5) is 1.31. The van der Waals surface area contributed by atoms with E-state index in [-0.39, 0.29) is 0 Å². The molecule has 1 unspecified atom stereocenters. The van der Waals surface area contributed by atoms with Gasteiger partial charge in [0.05, 0.1) is 6.07 Å². The number of fused-ring (bicyclic) bond motifs is 1. The van der Waals surface area contributed by atoms with E-state index in [2.05, 4.69) is 58.6 Å². The summed E-state index contributed by atoms with van der Waals surface area (Å²) in [6.07, 6.45) is 8.55. The summed E-state index contributed by atoms with van der Waals surface area (Å²) >= 11 is 4.25. The summed E-state index contributed by atoms with van der Waals surface area (Å²) in [5.74, 6) is 0.882. The first-order valence-corrected chi connectivity index (χ1v) is 7.46. The first-order chi connectivity index (χ1) is 7.72. The molecule has 0 aliphatic heterocycles. The van der Waals surface area contributed by atoms with Gasteiger partial charge in [0.15, 0.2) is 0 Å². The molecule has 2 rings (SSSR count). The number of aryl methyl sites for hydroxylation is 1. The highest BCUT2D eigenvalue weighted by Crippen LogP contribution is 2.16. The normalized spacial score (nSPS) is 18.2. The molecule has 0 aromatic carbocycles. The molecule has 1 aliphatic rings. The number of hydrogen-bond donors (Lipinski definition) is 0. The Balaban J connectivity index is 2.35. The van der Waals surface area contributed by atoms with Gasteiger partial charge < -0.3 is 4.57 Å². The molecule has 84 valence electrons. The highest BCUT2D eigenvalue weighted by Gasteiger charge is 2.09. The van der Waals surface area contributed by atoms with Gasteiger partial charge in [-0.05, 0) is 6.42 Å². The third kappa shape index (κ3) is 2.46. The topological polar surface area (TPSA) is 28.7 Å². The zero-order valence-electron chi connectivity index (χ0n) is 9.11. The summed E-state index contributed by atoms with van der Waals surface area (Å²) in [7, 11) is 2.09. The molecular formula is C12H13IN2S. The zero-order valence-corrected chi connectivity index (χ0v) is 12.1. The largest absolute Gasteiger partial charge is 0.350 e. The van der Waals surface area contributed by atoms with Crippen molar-refractivity contribution in [2.45, 2.75) is 21.7 Å². The summed E-state index contributed by atoms with van der Waals surface area (Å²) in [5.41, 5.74) is 0. The number of nitriles is 1. The van der Waals surface area contributed by atoms with Crippen LogP contribution in [0.2, 0.25) is 0 Å². The molecular weight excluding hydrogens is 331 g/mol. The van der Waals surface area contributed by atoms with Crippen LogP contribution >= 0.6 is 34.4 Å². The van der Waals surface area contributed by atoms with Gasteiger partial charge in [-0.2, -0.15) is 5.26 Å². The summed E-state index contributed by atoms with van der Waals surface area (Å²) in [5, 5.41) is 11.2. The Morgan fingerprint density at radius 1 is 1.69 bits per heavy atom. The highest BCUT2D eigenvalue weighted by atomic mass is 127. The Bertz CT molecular complexity index is 539. The summed E-state index contributed by atoms with van der Waals surface area (Å²) < 4.78 is 2.78. The Labute approximate surface area is 113 Å². The minimum atomic E-state index is 0.600. The molecule has 1 aromatic rings. The molecule has 1 atom stereocenters. The average molecular weight is 344 g/mol. The van der Waals surface area contributed by atoms with Crippen LogP contribution in [0.4, 0.5) is 0 Å². The monoisotopic (exact) mass is 344 g/mol. The Morgan fingerprint density at radius 2 is 2.50 bits per heavy atom. The Hall–Kier alpha value is -0.410. The fraction of sp³-hybridized carbons (Fsp3) is 0.417. The van der Waals surface area contributed by atoms with Gasteiger partial charge in [-0.25, -0.2) is 0 Å². The molecule has 1 heterocycles. The quantitative estimate of drug-likeness (QED) is 0.362. The van der Waals surface area contributed by atoms with E-state index < -0.39 is 0 Å². The number of halogens is 1. The molecule has 1 aromatic heterocycles. The average Bonchev–Trinajstić information content (AvgIpc) is 2.56. The van der Waals surface area contributed by atoms with Crippen molar-refractivity contribution in [2.24, 2.45) is 7.05 Å². The third-order valence-corrected chi connectivity index (χ3v) is 4.50. The fourth-order valence-electron chi connectivity index (χ4n) is 1.85. The SMILES string of the molecule is Cn1cc(SCCC#N)c2c1=CCC(I)C=2. The molecule has 4 heteroatoms. The molecule has 2 nitrogen and oxygen atoms in total. The van der Waals surface area contributed by atoms with Crippen LogP contribution in [-0.2, 0) is 7.05 Å². The predicted molar refractivity (Wildman–Crippen MR) is 77.0 cm³/mol. The van der Waals surface area contributed by atoms with Gasteiger partial charge in [0.1, 0.15) is 0 Å². The molecule has 0 saturated carbocycles. The third-order valence-electron chi connectivity index (χ3n) is 2.59. The molecule has 16 heavy (non-hydrogen) atoms. The molecule has 0 spiro atoms. The first kappa shape index (κ1) is 12.1. The maximum Gasteiger partial charge on any atom is 0.0630 e. The molecule has 0 N–H and O–H groups in total. The van der Waals surface area contributed by atoms with Crippen molar-refractivity contribution in [3.8, 4) is 6.07 Å². The zero-order chi connectivity index (χ0) is 11.5. The Kier molecular flexibility index (Phi) is 3.98. The highest BCUT2D eigenvalue weighted by molar-refractivity contribution is 14.1. The molecule has 0 bridgehead atoms. The van der Waals surface area contributed by atoms with Crippen molar-refractivity contribution in [1.29, 1.82) is 5.26 Å². The van der Waals surface area contributed by atoms with Gasteiger partial charge in [0.25, 0.3) is 0 Å². The van der Waals surface area contributed by atoms with E-state index in [1.54, 1.807) is 11.8 Å². The Morgan fingerprint density at radius 3 is 3.25 bits per heavy atom. The van der Waals surface area contributed by atoms with E-state index in [0.29, 0.717) is 10.3 Å². The number of alkyl halides is 1. The van der Waals surface area contributed by atoms with Crippen molar-refractivity contribution in [3.63, 3.8) is 0 Å². The van der Waals surface area contributed by atoms with Crippen LogP contribution in [-0.4, -0.2) is 14.2 Å². The van der Waals surface area contributed by atoms with Crippen LogP contribution in [0.5, 0.6) is 0 Å². The fourth-order valence-corrected chi connectivity index (χ4v) is 3.44. The summed E-state index contributed by atoms with van der Waals surface area (Å²) in [6.45, 7) is 0. The second-order valence-corrected chi connectivity index (χ2v) is 6.52. The standard InChI is InChI=1S/C12H13IN2S/c1-15-8-12(16-6-2-5-14)10-7-9(13)3-4-11(10)15/h4,7-9H,2-3,6H2,1H3. The van der Waals surface area contributed by atoms with Gasteiger partial charge in [-0.15, -0.1) is 11.8 Å². The van der Waals surface area contributed by atoms with Crippen LogP contribution in [0.1, 0.15) is 12.8 Å². The van der Waals surface area contributed by atoms with Gasteiger partial charge in [-0.1, -0.05) is 34.7 Å². The van der Waals surface area contributed by atoms with Crippen LogP contribution in [0.3, 0.4) is 0 Å². The minimum Gasteiger partial charge on any atom is -0.350 e.